The van der Waals surface area contributed by atoms with E-state index in [-0.39, 0.29) is 41.9 Å². The Bertz CT molecular complexity index is 781. The van der Waals surface area contributed by atoms with Gasteiger partial charge in [0.05, 0.1) is 12.6 Å². The maximum atomic E-state index is 13.2. The number of benzene rings is 1. The molecule has 0 saturated heterocycles. The topological polar surface area (TPSA) is 76.4 Å². The minimum absolute atomic E-state index is 0. The lowest BCUT2D eigenvalue weighted by Crippen LogP contribution is -2.44. The van der Waals surface area contributed by atoms with Gasteiger partial charge in [-0.1, -0.05) is 6.07 Å². The van der Waals surface area contributed by atoms with Crippen molar-refractivity contribution in [3.63, 3.8) is 0 Å². The van der Waals surface area contributed by atoms with Crippen LogP contribution in [-0.2, 0) is 6.54 Å². The smallest absolute Gasteiger partial charge is 0.191 e. The van der Waals surface area contributed by atoms with Crippen molar-refractivity contribution in [1.29, 1.82) is 0 Å². The summed E-state index contributed by atoms with van der Waals surface area (Å²) in [5.41, 5.74) is 0. The van der Waals surface area contributed by atoms with Crippen LogP contribution >= 0.6 is 24.0 Å². The van der Waals surface area contributed by atoms with Gasteiger partial charge in [0.15, 0.2) is 5.96 Å². The number of hydrogen-bond acceptors (Lipinski definition) is 4. The molecule has 3 rings (SSSR count). The number of nitrogens with one attached hydrogen (secondary N) is 2. The third kappa shape index (κ3) is 5.78. The molecule has 27 heavy (non-hydrogen) atoms. The quantitative estimate of drug-likeness (QED) is 0.385. The van der Waals surface area contributed by atoms with E-state index in [0.29, 0.717) is 18.3 Å². The molecule has 2 atom stereocenters. The van der Waals surface area contributed by atoms with E-state index < -0.39 is 0 Å². The predicted molar refractivity (Wildman–Crippen MR) is 113 cm³/mol. The van der Waals surface area contributed by atoms with Crippen molar-refractivity contribution in [2.75, 3.05) is 13.6 Å². The molecule has 1 aliphatic rings. The second-order valence-electron chi connectivity index (χ2n) is 6.42. The number of guanidine groups is 1. The van der Waals surface area contributed by atoms with E-state index in [9.17, 15) is 4.39 Å². The molecule has 1 aliphatic heterocycles. The summed E-state index contributed by atoms with van der Waals surface area (Å²) in [6.07, 6.45) is 1.88. The zero-order chi connectivity index (χ0) is 18.5. The van der Waals surface area contributed by atoms with Crippen LogP contribution in [0.5, 0.6) is 5.75 Å². The third-order valence-electron chi connectivity index (χ3n) is 4.21. The summed E-state index contributed by atoms with van der Waals surface area (Å²) in [5, 5.41) is 11.1. The Morgan fingerprint density at radius 1 is 1.48 bits per heavy atom. The molecule has 0 bridgehead atoms. The Balaban J connectivity index is 0.00000261. The number of ether oxygens (including phenoxy) is 1. The average molecular weight is 488 g/mol. The molecule has 0 amide bonds. The molecule has 2 aromatic rings. The third-order valence-corrected chi connectivity index (χ3v) is 4.21. The molecular weight excluding hydrogens is 462 g/mol. The van der Waals surface area contributed by atoms with Crippen molar-refractivity contribution in [3.8, 4) is 5.75 Å². The highest BCUT2D eigenvalue weighted by Crippen LogP contribution is 2.22. The lowest BCUT2D eigenvalue weighted by molar-refractivity contribution is 0.222. The summed E-state index contributed by atoms with van der Waals surface area (Å²) in [6.45, 7) is 5.26. The highest BCUT2D eigenvalue weighted by molar-refractivity contribution is 14.0. The molecule has 0 aliphatic carbocycles. The van der Waals surface area contributed by atoms with Crippen LogP contribution in [-0.4, -0.2) is 40.4 Å². The van der Waals surface area contributed by atoms with Gasteiger partial charge in [-0.25, -0.2) is 14.1 Å². The zero-order valence-electron chi connectivity index (χ0n) is 15.8. The first-order chi connectivity index (χ1) is 12.5. The van der Waals surface area contributed by atoms with Gasteiger partial charge < -0.3 is 15.4 Å². The number of aliphatic imine (C=N–C) groups is 1. The standard InChI is InChI=1S/C18H25FN6O.HI/c1-12(26-15-7-4-6-14(19)10-15)11-21-18(20-3)23-16-8-5-9-25-17(16)22-13(2)24-25;/h4,6-7,10,12,16H,5,8-9,11H2,1-3H3,(H2,20,21,23);1H. The van der Waals surface area contributed by atoms with Crippen LogP contribution in [0.1, 0.15) is 37.5 Å². The molecule has 1 aromatic carbocycles. The minimum atomic E-state index is -0.308. The van der Waals surface area contributed by atoms with Crippen LogP contribution in [0, 0.1) is 12.7 Å². The number of halogens is 2. The van der Waals surface area contributed by atoms with E-state index in [0.717, 1.165) is 31.0 Å². The summed E-state index contributed by atoms with van der Waals surface area (Å²) in [4.78, 5) is 8.80. The maximum absolute atomic E-state index is 13.2. The lowest BCUT2D eigenvalue weighted by atomic mass is 10.1. The SMILES string of the molecule is CN=C(NCC(C)Oc1cccc(F)c1)NC1CCCn2nc(C)nc21.I. The Kier molecular flexibility index (Phi) is 7.81. The van der Waals surface area contributed by atoms with Gasteiger partial charge in [0.1, 0.15) is 29.3 Å². The van der Waals surface area contributed by atoms with Gasteiger partial charge in [0.25, 0.3) is 0 Å². The minimum Gasteiger partial charge on any atom is -0.489 e. The monoisotopic (exact) mass is 488 g/mol. The Hall–Kier alpha value is -1.91. The first-order valence-electron chi connectivity index (χ1n) is 8.86. The second-order valence-corrected chi connectivity index (χ2v) is 6.42. The Labute approximate surface area is 175 Å². The summed E-state index contributed by atoms with van der Waals surface area (Å²) >= 11 is 0. The summed E-state index contributed by atoms with van der Waals surface area (Å²) in [5.74, 6) is 2.61. The highest BCUT2D eigenvalue weighted by atomic mass is 127. The van der Waals surface area contributed by atoms with Gasteiger partial charge in [-0.15, -0.1) is 24.0 Å². The molecule has 0 radical (unpaired) electrons. The van der Waals surface area contributed by atoms with Crippen molar-refractivity contribution in [3.05, 3.63) is 41.7 Å². The number of hydrogen-bond donors (Lipinski definition) is 2. The number of nitrogens with zero attached hydrogens (tertiary/aromatic N) is 4. The molecular formula is C18H26FIN6O. The Morgan fingerprint density at radius 2 is 2.30 bits per heavy atom. The largest absolute Gasteiger partial charge is 0.489 e. The number of aromatic nitrogens is 3. The van der Waals surface area contributed by atoms with Crippen molar-refractivity contribution in [2.24, 2.45) is 4.99 Å². The van der Waals surface area contributed by atoms with Gasteiger partial charge in [-0.05, 0) is 38.8 Å². The van der Waals surface area contributed by atoms with Gasteiger partial charge in [-0.2, -0.15) is 5.10 Å². The predicted octanol–water partition coefficient (Wildman–Crippen LogP) is 2.81. The number of aryl methyl sites for hydroxylation is 2. The fraction of sp³-hybridized carbons (Fsp3) is 0.500. The first kappa shape index (κ1) is 21.4. The van der Waals surface area contributed by atoms with Gasteiger partial charge >= 0.3 is 0 Å². The molecule has 0 saturated carbocycles. The molecule has 9 heteroatoms. The van der Waals surface area contributed by atoms with Gasteiger partial charge in [0, 0.05) is 19.7 Å². The van der Waals surface area contributed by atoms with Crippen molar-refractivity contribution < 1.29 is 9.13 Å². The fourth-order valence-electron chi connectivity index (χ4n) is 3.02. The zero-order valence-corrected chi connectivity index (χ0v) is 18.1. The lowest BCUT2D eigenvalue weighted by Gasteiger charge is -2.25. The molecule has 1 aromatic heterocycles. The van der Waals surface area contributed by atoms with Crippen LogP contribution in [0.25, 0.3) is 0 Å². The normalized spacial score (nSPS) is 17.5. The number of fused-ring (bicyclic) bond motifs is 1. The molecule has 7 nitrogen and oxygen atoms in total. The van der Waals surface area contributed by atoms with Gasteiger partial charge in [-0.3, -0.25) is 4.99 Å². The molecule has 0 fully saturated rings. The van der Waals surface area contributed by atoms with E-state index in [2.05, 4.69) is 25.7 Å². The second kappa shape index (κ2) is 9.86. The van der Waals surface area contributed by atoms with Crippen molar-refractivity contribution in [1.82, 2.24) is 25.4 Å². The molecule has 0 spiro atoms. The summed E-state index contributed by atoms with van der Waals surface area (Å²) in [7, 11) is 1.73. The van der Waals surface area contributed by atoms with Gasteiger partial charge in [0.2, 0.25) is 0 Å². The van der Waals surface area contributed by atoms with Crippen molar-refractivity contribution in [2.45, 2.75) is 45.4 Å². The van der Waals surface area contributed by atoms with E-state index >= 15 is 0 Å². The Morgan fingerprint density at radius 3 is 3.04 bits per heavy atom. The van der Waals surface area contributed by atoms with Crippen LogP contribution in [0.2, 0.25) is 0 Å². The number of rotatable bonds is 5. The highest BCUT2D eigenvalue weighted by Gasteiger charge is 2.24. The van der Waals surface area contributed by atoms with E-state index in [1.165, 1.54) is 12.1 Å². The molecule has 2 heterocycles. The maximum Gasteiger partial charge on any atom is 0.191 e. The summed E-state index contributed by atoms with van der Waals surface area (Å²) < 4.78 is 20.9. The van der Waals surface area contributed by atoms with Crippen LogP contribution < -0.4 is 15.4 Å². The summed E-state index contributed by atoms with van der Waals surface area (Å²) in [6, 6.07) is 6.22. The van der Waals surface area contributed by atoms with Crippen molar-refractivity contribution >= 4 is 29.9 Å². The average Bonchev–Trinajstić information content (AvgIpc) is 2.99. The van der Waals surface area contributed by atoms with Crippen LogP contribution in [0.3, 0.4) is 0 Å². The van der Waals surface area contributed by atoms with E-state index in [1.807, 2.05) is 18.5 Å². The van der Waals surface area contributed by atoms with Crippen LogP contribution in [0.4, 0.5) is 4.39 Å². The van der Waals surface area contributed by atoms with E-state index in [4.69, 9.17) is 4.74 Å². The first-order valence-corrected chi connectivity index (χ1v) is 8.86. The molecule has 148 valence electrons. The molecule has 2 N–H and O–H groups in total. The fourth-order valence-corrected chi connectivity index (χ4v) is 3.02. The molecule has 2 unspecified atom stereocenters. The van der Waals surface area contributed by atoms with E-state index in [1.54, 1.807) is 19.2 Å². The van der Waals surface area contributed by atoms with Crippen LogP contribution in [0.15, 0.2) is 29.3 Å².